The Morgan fingerprint density at radius 2 is 2.00 bits per heavy atom. The number of carbonyl (C=O) groups excluding carboxylic acids is 1. The Hall–Kier alpha value is -2.09. The van der Waals surface area contributed by atoms with Gasteiger partial charge >= 0.3 is 5.97 Å². The summed E-state index contributed by atoms with van der Waals surface area (Å²) in [5, 5.41) is 9.35. The molecule has 0 aliphatic carbocycles. The fraction of sp³-hybridized carbons (Fsp3) is 0.529. The number of nitrogens with zero attached hydrogens (tertiary/aromatic N) is 2. The third-order valence-electron chi connectivity index (χ3n) is 4.45. The van der Waals surface area contributed by atoms with E-state index in [0.29, 0.717) is 0 Å². The van der Waals surface area contributed by atoms with Crippen molar-refractivity contribution >= 4 is 11.7 Å². The molecule has 0 saturated carbocycles. The lowest BCUT2D eigenvalue weighted by atomic mass is 9.70. The topological polar surface area (TPSA) is 53.3 Å². The minimum absolute atomic E-state index is 0.252. The van der Waals surface area contributed by atoms with Crippen molar-refractivity contribution in [1.29, 1.82) is 5.26 Å². The number of piperidine rings is 1. The molecule has 0 aromatic heterocycles. The number of hydrogen-bond acceptors (Lipinski definition) is 4. The van der Waals surface area contributed by atoms with Gasteiger partial charge in [0.25, 0.3) is 0 Å². The van der Waals surface area contributed by atoms with E-state index in [-0.39, 0.29) is 17.8 Å². The molecule has 118 valence electrons. The summed E-state index contributed by atoms with van der Waals surface area (Å²) >= 11 is 0. The molecular formula is C17H21FN2O2. The van der Waals surface area contributed by atoms with Crippen molar-refractivity contribution in [1.82, 2.24) is 0 Å². The first-order chi connectivity index (χ1) is 10.5. The molecule has 0 bridgehead atoms. The number of rotatable bonds is 4. The van der Waals surface area contributed by atoms with E-state index < -0.39 is 11.9 Å². The second-order valence-corrected chi connectivity index (χ2v) is 5.93. The lowest BCUT2D eigenvalue weighted by Crippen LogP contribution is -2.44. The van der Waals surface area contributed by atoms with Crippen molar-refractivity contribution in [3.8, 4) is 6.07 Å². The number of carbonyl (C=O) groups is 1. The van der Waals surface area contributed by atoms with Crippen LogP contribution in [-0.4, -0.2) is 25.7 Å². The largest absolute Gasteiger partial charge is 0.465 e. The second-order valence-electron chi connectivity index (χ2n) is 5.93. The van der Waals surface area contributed by atoms with E-state index in [9.17, 15) is 14.4 Å². The Kier molecular flexibility index (Phi) is 5.02. The molecule has 1 unspecified atom stereocenters. The first-order valence-electron chi connectivity index (χ1n) is 7.57. The fourth-order valence-electron chi connectivity index (χ4n) is 2.93. The molecular weight excluding hydrogens is 283 g/mol. The highest BCUT2D eigenvalue weighted by molar-refractivity contribution is 5.76. The lowest BCUT2D eigenvalue weighted by Gasteiger charge is -2.41. The molecule has 22 heavy (non-hydrogen) atoms. The highest BCUT2D eigenvalue weighted by atomic mass is 19.1. The molecule has 5 heteroatoms. The monoisotopic (exact) mass is 304 g/mol. The van der Waals surface area contributed by atoms with Gasteiger partial charge in [-0.05, 0) is 49.4 Å². The van der Waals surface area contributed by atoms with E-state index in [1.807, 2.05) is 6.92 Å². The zero-order chi connectivity index (χ0) is 16.2. The Bertz CT molecular complexity index is 557. The molecule has 0 spiro atoms. The minimum Gasteiger partial charge on any atom is -0.465 e. The van der Waals surface area contributed by atoms with E-state index in [4.69, 9.17) is 4.74 Å². The Balaban J connectivity index is 2.04. The van der Waals surface area contributed by atoms with Crippen LogP contribution in [0.15, 0.2) is 24.3 Å². The predicted octanol–water partition coefficient (Wildman–Crippen LogP) is 3.14. The van der Waals surface area contributed by atoms with Gasteiger partial charge < -0.3 is 9.64 Å². The van der Waals surface area contributed by atoms with Crippen LogP contribution in [0, 0.1) is 28.5 Å². The number of benzene rings is 1. The van der Waals surface area contributed by atoms with Gasteiger partial charge in [-0.3, -0.25) is 4.79 Å². The summed E-state index contributed by atoms with van der Waals surface area (Å²) in [6.45, 7) is 5.47. The number of hydrogen-bond donors (Lipinski definition) is 0. The molecule has 1 fully saturated rings. The molecule has 1 aliphatic heterocycles. The average molecular weight is 304 g/mol. The number of esters is 1. The van der Waals surface area contributed by atoms with E-state index in [2.05, 4.69) is 11.0 Å². The van der Waals surface area contributed by atoms with E-state index in [1.54, 1.807) is 19.1 Å². The quantitative estimate of drug-likeness (QED) is 0.802. The van der Waals surface area contributed by atoms with Crippen molar-refractivity contribution in [2.45, 2.75) is 26.7 Å². The average Bonchev–Trinajstić information content (AvgIpc) is 2.50. The lowest BCUT2D eigenvalue weighted by molar-refractivity contribution is -0.150. The molecule has 0 amide bonds. The third-order valence-corrected chi connectivity index (χ3v) is 4.45. The van der Waals surface area contributed by atoms with Crippen LogP contribution < -0.4 is 4.90 Å². The Labute approximate surface area is 130 Å². The minimum atomic E-state index is -0.734. The highest BCUT2D eigenvalue weighted by Gasteiger charge is 2.42. The van der Waals surface area contributed by atoms with Crippen molar-refractivity contribution in [3.05, 3.63) is 30.1 Å². The summed E-state index contributed by atoms with van der Waals surface area (Å²) in [7, 11) is 0. The maximum atomic E-state index is 13.0. The van der Waals surface area contributed by atoms with Gasteiger partial charge in [0, 0.05) is 18.8 Å². The van der Waals surface area contributed by atoms with Crippen molar-refractivity contribution < 1.29 is 13.9 Å². The van der Waals surface area contributed by atoms with Gasteiger partial charge in [-0.2, -0.15) is 5.26 Å². The standard InChI is InChI=1S/C17H21FN2O2/c1-3-22-16(21)15(12-19)17(2)8-10-20(11-9-17)14-6-4-13(18)5-7-14/h4-7,15H,3,8-11H2,1-2H3. The van der Waals surface area contributed by atoms with Gasteiger partial charge in [-0.25, -0.2) is 4.39 Å². The van der Waals surface area contributed by atoms with Crippen LogP contribution in [0.2, 0.25) is 0 Å². The normalized spacial score (nSPS) is 18.4. The molecule has 1 aliphatic rings. The van der Waals surface area contributed by atoms with Crippen LogP contribution in [0.5, 0.6) is 0 Å². The first kappa shape index (κ1) is 16.3. The summed E-state index contributed by atoms with van der Waals surface area (Å²) < 4.78 is 18.0. The Morgan fingerprint density at radius 3 is 2.50 bits per heavy atom. The first-order valence-corrected chi connectivity index (χ1v) is 7.57. The fourth-order valence-corrected chi connectivity index (χ4v) is 2.93. The zero-order valence-corrected chi connectivity index (χ0v) is 13.0. The van der Waals surface area contributed by atoms with Crippen molar-refractivity contribution in [2.24, 2.45) is 11.3 Å². The van der Waals surface area contributed by atoms with Crippen LogP contribution in [0.25, 0.3) is 0 Å². The third kappa shape index (κ3) is 3.38. The van der Waals surface area contributed by atoms with Gasteiger partial charge in [-0.1, -0.05) is 6.92 Å². The van der Waals surface area contributed by atoms with Crippen LogP contribution in [-0.2, 0) is 9.53 Å². The molecule has 0 N–H and O–H groups in total. The number of ether oxygens (including phenoxy) is 1. The molecule has 1 aromatic carbocycles. The van der Waals surface area contributed by atoms with Crippen LogP contribution in [0.1, 0.15) is 26.7 Å². The summed E-state index contributed by atoms with van der Waals surface area (Å²) in [6, 6.07) is 8.51. The molecule has 2 rings (SSSR count). The van der Waals surface area contributed by atoms with Gasteiger partial charge in [0.1, 0.15) is 11.7 Å². The predicted molar refractivity (Wildman–Crippen MR) is 81.7 cm³/mol. The maximum Gasteiger partial charge on any atom is 0.323 e. The van der Waals surface area contributed by atoms with Gasteiger partial charge in [-0.15, -0.1) is 0 Å². The highest BCUT2D eigenvalue weighted by Crippen LogP contribution is 2.40. The summed E-state index contributed by atoms with van der Waals surface area (Å²) in [5.41, 5.74) is 0.588. The van der Waals surface area contributed by atoms with E-state index >= 15 is 0 Å². The smallest absolute Gasteiger partial charge is 0.323 e. The van der Waals surface area contributed by atoms with Crippen molar-refractivity contribution in [3.63, 3.8) is 0 Å². The molecule has 0 radical (unpaired) electrons. The SMILES string of the molecule is CCOC(=O)C(C#N)C1(C)CCN(c2ccc(F)cc2)CC1. The van der Waals surface area contributed by atoms with Crippen LogP contribution in [0.4, 0.5) is 10.1 Å². The van der Waals surface area contributed by atoms with Crippen molar-refractivity contribution in [2.75, 3.05) is 24.6 Å². The van der Waals surface area contributed by atoms with Gasteiger partial charge in [0.15, 0.2) is 0 Å². The molecule has 1 heterocycles. The number of anilines is 1. The van der Waals surface area contributed by atoms with E-state index in [0.717, 1.165) is 31.6 Å². The maximum absolute atomic E-state index is 13.0. The molecule has 1 atom stereocenters. The van der Waals surface area contributed by atoms with E-state index in [1.165, 1.54) is 12.1 Å². The second kappa shape index (κ2) is 6.78. The summed E-state index contributed by atoms with van der Waals surface area (Å²) in [4.78, 5) is 14.1. The van der Waals surface area contributed by atoms with Crippen LogP contribution in [0.3, 0.4) is 0 Å². The summed E-state index contributed by atoms with van der Waals surface area (Å²) in [5.74, 6) is -1.41. The van der Waals surface area contributed by atoms with Crippen LogP contribution >= 0.6 is 0 Å². The van der Waals surface area contributed by atoms with Gasteiger partial charge in [0.05, 0.1) is 12.7 Å². The molecule has 1 saturated heterocycles. The molecule has 1 aromatic rings. The Morgan fingerprint density at radius 1 is 1.41 bits per heavy atom. The number of halogens is 1. The zero-order valence-electron chi connectivity index (χ0n) is 13.0. The van der Waals surface area contributed by atoms with Gasteiger partial charge in [0.2, 0.25) is 0 Å². The summed E-state index contributed by atoms with van der Waals surface area (Å²) in [6.07, 6.45) is 1.45. The molecule has 4 nitrogen and oxygen atoms in total. The number of nitriles is 1.